The van der Waals surface area contributed by atoms with Crippen molar-refractivity contribution in [1.29, 1.82) is 0 Å². The van der Waals surface area contributed by atoms with Gasteiger partial charge in [0.25, 0.3) is 0 Å². The summed E-state index contributed by atoms with van der Waals surface area (Å²) in [5.41, 5.74) is -0.119. The normalized spacial score (nSPS) is 23.3. The first kappa shape index (κ1) is 8.11. The molecule has 0 aliphatic carbocycles. The fraction of sp³-hybridized carbons (Fsp3) is 0.625. The Morgan fingerprint density at radius 1 is 1.45 bits per heavy atom. The molecule has 0 amide bonds. The molecule has 0 fully saturated rings. The summed E-state index contributed by atoms with van der Waals surface area (Å²) in [7, 11) is 1.71. The number of aliphatic hydroxyl groups is 1. The van der Waals surface area contributed by atoms with E-state index < -0.39 is 5.54 Å². The van der Waals surface area contributed by atoms with Crippen LogP contribution >= 0.6 is 0 Å². The smallest absolute Gasteiger partial charge is 0.194 e. The van der Waals surface area contributed by atoms with Crippen LogP contribution in [0.4, 0.5) is 0 Å². The molecule has 0 radical (unpaired) electrons. The van der Waals surface area contributed by atoms with Crippen molar-refractivity contribution in [3.8, 4) is 0 Å². The molecule has 0 saturated carbocycles. The second-order valence-electron chi connectivity index (χ2n) is 3.40. The lowest BCUT2D eigenvalue weighted by Gasteiger charge is -2.27. The van der Waals surface area contributed by atoms with Crippen LogP contribution in [-0.2, 0) is 4.79 Å². The molecule has 62 valence electrons. The molecule has 0 unspecified atom stereocenters. The number of Topliss-reactive ketones (excluding diaryl/α,β-unsaturated/α-hetero) is 1. The van der Waals surface area contributed by atoms with Gasteiger partial charge in [-0.1, -0.05) is 0 Å². The molecule has 0 bridgehead atoms. The summed E-state index contributed by atoms with van der Waals surface area (Å²) >= 11 is 0. The van der Waals surface area contributed by atoms with E-state index in [0.29, 0.717) is 5.57 Å². The van der Waals surface area contributed by atoms with Crippen LogP contribution in [0.1, 0.15) is 20.8 Å². The van der Waals surface area contributed by atoms with E-state index in [-0.39, 0.29) is 11.7 Å². The van der Waals surface area contributed by atoms with Gasteiger partial charge < -0.3 is 10.0 Å². The number of likely N-dealkylation sites (N-methyl/N-ethyl adjacent to an activating group) is 1. The maximum absolute atomic E-state index is 11.4. The van der Waals surface area contributed by atoms with Crippen LogP contribution in [-0.4, -0.2) is 28.4 Å². The standard InChI is InChI=1S/C8H13NO2/c1-5-6(10)8(2,3)9(4)7(5)11/h11H,1-4H3. The van der Waals surface area contributed by atoms with Crippen molar-refractivity contribution in [3.05, 3.63) is 11.5 Å². The summed E-state index contributed by atoms with van der Waals surface area (Å²) in [4.78, 5) is 13.0. The van der Waals surface area contributed by atoms with E-state index >= 15 is 0 Å². The monoisotopic (exact) mass is 155 g/mol. The molecule has 0 spiro atoms. The van der Waals surface area contributed by atoms with Crippen molar-refractivity contribution >= 4 is 5.78 Å². The highest BCUT2D eigenvalue weighted by Crippen LogP contribution is 2.29. The van der Waals surface area contributed by atoms with Crippen LogP contribution in [0.15, 0.2) is 11.5 Å². The number of hydrogen-bond acceptors (Lipinski definition) is 3. The molecular weight excluding hydrogens is 142 g/mol. The fourth-order valence-electron chi connectivity index (χ4n) is 1.23. The molecule has 0 saturated heterocycles. The predicted molar refractivity (Wildman–Crippen MR) is 42.2 cm³/mol. The number of carbonyl (C=O) groups is 1. The maximum Gasteiger partial charge on any atom is 0.194 e. The van der Waals surface area contributed by atoms with Gasteiger partial charge in [0.1, 0.15) is 5.54 Å². The number of rotatable bonds is 0. The first-order valence-electron chi connectivity index (χ1n) is 3.57. The molecule has 3 nitrogen and oxygen atoms in total. The van der Waals surface area contributed by atoms with Crippen molar-refractivity contribution in [2.75, 3.05) is 7.05 Å². The second kappa shape index (κ2) is 2.00. The average molecular weight is 155 g/mol. The minimum absolute atomic E-state index is 0.00231. The van der Waals surface area contributed by atoms with E-state index in [1.54, 1.807) is 32.7 Å². The van der Waals surface area contributed by atoms with E-state index in [0.717, 1.165) is 0 Å². The van der Waals surface area contributed by atoms with E-state index in [9.17, 15) is 9.90 Å². The zero-order valence-electron chi connectivity index (χ0n) is 7.30. The zero-order chi connectivity index (χ0) is 8.81. The largest absolute Gasteiger partial charge is 0.494 e. The Labute approximate surface area is 66.3 Å². The topological polar surface area (TPSA) is 40.5 Å². The van der Waals surface area contributed by atoms with E-state index in [2.05, 4.69) is 0 Å². The Balaban J connectivity index is 3.13. The van der Waals surface area contributed by atoms with Crippen LogP contribution < -0.4 is 0 Å². The summed E-state index contributed by atoms with van der Waals surface area (Å²) in [6, 6.07) is 0. The lowest BCUT2D eigenvalue weighted by molar-refractivity contribution is -0.121. The van der Waals surface area contributed by atoms with Gasteiger partial charge >= 0.3 is 0 Å². The van der Waals surface area contributed by atoms with Gasteiger partial charge in [-0.25, -0.2) is 0 Å². The summed E-state index contributed by atoms with van der Waals surface area (Å²) in [6.07, 6.45) is 0. The van der Waals surface area contributed by atoms with Crippen molar-refractivity contribution in [3.63, 3.8) is 0 Å². The van der Waals surface area contributed by atoms with Crippen LogP contribution in [0.5, 0.6) is 0 Å². The van der Waals surface area contributed by atoms with Crippen LogP contribution in [0, 0.1) is 0 Å². The Morgan fingerprint density at radius 3 is 2.00 bits per heavy atom. The quantitative estimate of drug-likeness (QED) is 0.568. The highest BCUT2D eigenvalue weighted by molar-refractivity contribution is 6.04. The van der Waals surface area contributed by atoms with Gasteiger partial charge in [0.15, 0.2) is 11.7 Å². The van der Waals surface area contributed by atoms with Crippen molar-refractivity contribution in [2.24, 2.45) is 0 Å². The molecular formula is C8H13NO2. The Morgan fingerprint density at radius 2 is 1.91 bits per heavy atom. The molecule has 3 heteroatoms. The molecule has 0 aromatic carbocycles. The predicted octanol–water partition coefficient (Wildman–Crippen LogP) is 1.07. The average Bonchev–Trinajstić information content (AvgIpc) is 2.06. The van der Waals surface area contributed by atoms with Crippen LogP contribution in [0.2, 0.25) is 0 Å². The molecule has 1 heterocycles. The van der Waals surface area contributed by atoms with Crippen molar-refractivity contribution < 1.29 is 9.90 Å². The second-order valence-corrected chi connectivity index (χ2v) is 3.40. The zero-order valence-corrected chi connectivity index (χ0v) is 7.30. The Hall–Kier alpha value is -0.990. The molecule has 1 rings (SSSR count). The summed E-state index contributed by atoms with van der Waals surface area (Å²) < 4.78 is 0. The summed E-state index contributed by atoms with van der Waals surface area (Å²) in [5, 5.41) is 9.36. The summed E-state index contributed by atoms with van der Waals surface area (Å²) in [6.45, 7) is 5.23. The van der Waals surface area contributed by atoms with Gasteiger partial charge in [0.05, 0.1) is 5.57 Å². The van der Waals surface area contributed by atoms with Crippen molar-refractivity contribution in [1.82, 2.24) is 4.90 Å². The lowest BCUT2D eigenvalue weighted by Crippen LogP contribution is -2.41. The number of hydrogen-bond donors (Lipinski definition) is 1. The molecule has 0 aromatic heterocycles. The molecule has 1 N–H and O–H groups in total. The Bertz CT molecular complexity index is 240. The van der Waals surface area contributed by atoms with Gasteiger partial charge in [-0.3, -0.25) is 4.79 Å². The minimum Gasteiger partial charge on any atom is -0.494 e. The Kier molecular flexibility index (Phi) is 1.47. The highest BCUT2D eigenvalue weighted by atomic mass is 16.3. The lowest BCUT2D eigenvalue weighted by atomic mass is 9.98. The number of carbonyl (C=O) groups excluding carboxylic acids is 1. The summed E-state index contributed by atoms with van der Waals surface area (Å²) in [5.74, 6) is 0.0949. The van der Waals surface area contributed by atoms with Crippen LogP contribution in [0.3, 0.4) is 0 Å². The molecule has 1 aliphatic heterocycles. The van der Waals surface area contributed by atoms with E-state index in [4.69, 9.17) is 0 Å². The maximum atomic E-state index is 11.4. The van der Waals surface area contributed by atoms with Crippen molar-refractivity contribution in [2.45, 2.75) is 26.3 Å². The highest BCUT2D eigenvalue weighted by Gasteiger charge is 2.42. The number of aliphatic hydroxyl groups excluding tert-OH is 1. The first-order chi connectivity index (χ1) is 4.89. The van der Waals surface area contributed by atoms with Gasteiger partial charge in [0.2, 0.25) is 0 Å². The van der Waals surface area contributed by atoms with Gasteiger partial charge in [0, 0.05) is 7.05 Å². The number of nitrogens with zero attached hydrogens (tertiary/aromatic N) is 1. The molecule has 0 aromatic rings. The SMILES string of the molecule is CC1=C(O)N(C)C(C)(C)C1=O. The molecule has 1 aliphatic rings. The minimum atomic E-state index is -0.575. The number of ketones is 1. The van der Waals surface area contributed by atoms with E-state index in [1.165, 1.54) is 0 Å². The van der Waals surface area contributed by atoms with Gasteiger partial charge in [-0.2, -0.15) is 0 Å². The fourth-order valence-corrected chi connectivity index (χ4v) is 1.23. The van der Waals surface area contributed by atoms with E-state index in [1.807, 2.05) is 0 Å². The van der Waals surface area contributed by atoms with Gasteiger partial charge in [-0.05, 0) is 20.8 Å². The third-order valence-electron chi connectivity index (χ3n) is 2.39. The molecule has 0 atom stereocenters. The first-order valence-corrected chi connectivity index (χ1v) is 3.57. The van der Waals surface area contributed by atoms with Gasteiger partial charge in [-0.15, -0.1) is 0 Å². The van der Waals surface area contributed by atoms with Crippen LogP contribution in [0.25, 0.3) is 0 Å². The third-order valence-corrected chi connectivity index (χ3v) is 2.39. The molecule has 11 heavy (non-hydrogen) atoms. The third kappa shape index (κ3) is 0.836.